The summed E-state index contributed by atoms with van der Waals surface area (Å²) in [5, 5.41) is 7.13. The molecule has 1 fully saturated rings. The zero-order chi connectivity index (χ0) is 24.2. The van der Waals surface area contributed by atoms with E-state index in [1.165, 1.54) is 4.90 Å². The highest BCUT2D eigenvalue weighted by Gasteiger charge is 2.30. The lowest BCUT2D eigenvalue weighted by Crippen LogP contribution is -2.47. The van der Waals surface area contributed by atoms with E-state index in [1.807, 2.05) is 24.4 Å². The van der Waals surface area contributed by atoms with Gasteiger partial charge in [-0.25, -0.2) is 9.67 Å². The third-order valence-corrected chi connectivity index (χ3v) is 6.83. The van der Waals surface area contributed by atoms with Crippen LogP contribution >= 0.6 is 11.3 Å². The number of hydrogen-bond donors (Lipinski definition) is 0. The standard InChI is InChI=1S/C24H29N5O4S/c1-4-33-24(32)17-7-5-9-28(13-17)21(30)15-27(3)23(31)19-11-16(2)26-22-20(19)12-25-29(22)14-18-8-6-10-34-18/h6,8,10-12,17H,4-5,7,9,13-15H2,1-3H3. The second kappa shape index (κ2) is 10.3. The van der Waals surface area contributed by atoms with Crippen molar-refractivity contribution in [1.82, 2.24) is 24.6 Å². The Morgan fingerprint density at radius 3 is 2.88 bits per heavy atom. The molecule has 4 heterocycles. The average molecular weight is 484 g/mol. The number of aryl methyl sites for hydroxylation is 1. The van der Waals surface area contributed by atoms with E-state index in [-0.39, 0.29) is 30.2 Å². The molecule has 0 N–H and O–H groups in total. The first-order valence-corrected chi connectivity index (χ1v) is 12.3. The van der Waals surface area contributed by atoms with Crippen molar-refractivity contribution in [3.05, 3.63) is 45.9 Å². The maximum atomic E-state index is 13.3. The van der Waals surface area contributed by atoms with Crippen LogP contribution in [-0.2, 0) is 20.9 Å². The van der Waals surface area contributed by atoms with Gasteiger partial charge in [-0.2, -0.15) is 5.10 Å². The number of ether oxygens (including phenoxy) is 1. The van der Waals surface area contributed by atoms with Crippen molar-refractivity contribution in [3.63, 3.8) is 0 Å². The van der Waals surface area contributed by atoms with E-state index >= 15 is 0 Å². The Kier molecular flexibility index (Phi) is 7.26. The number of likely N-dealkylation sites (tertiary alicyclic amines) is 1. The van der Waals surface area contributed by atoms with Gasteiger partial charge in [-0.3, -0.25) is 14.4 Å². The Bertz CT molecular complexity index is 1190. The van der Waals surface area contributed by atoms with Crippen molar-refractivity contribution in [1.29, 1.82) is 0 Å². The van der Waals surface area contributed by atoms with Gasteiger partial charge in [0.25, 0.3) is 5.91 Å². The van der Waals surface area contributed by atoms with Gasteiger partial charge in [-0.15, -0.1) is 11.3 Å². The fraction of sp³-hybridized carbons (Fsp3) is 0.458. The summed E-state index contributed by atoms with van der Waals surface area (Å²) >= 11 is 1.64. The van der Waals surface area contributed by atoms with Crippen LogP contribution in [0.25, 0.3) is 11.0 Å². The van der Waals surface area contributed by atoms with E-state index in [2.05, 4.69) is 10.1 Å². The van der Waals surface area contributed by atoms with Gasteiger partial charge >= 0.3 is 5.97 Å². The summed E-state index contributed by atoms with van der Waals surface area (Å²) in [7, 11) is 1.62. The van der Waals surface area contributed by atoms with Gasteiger partial charge in [0, 0.05) is 30.7 Å². The van der Waals surface area contributed by atoms with Crippen molar-refractivity contribution in [2.45, 2.75) is 33.2 Å². The third-order valence-electron chi connectivity index (χ3n) is 5.97. The average Bonchev–Trinajstić information content (AvgIpc) is 3.49. The molecular weight excluding hydrogens is 454 g/mol. The molecule has 1 saturated heterocycles. The molecule has 0 saturated carbocycles. The molecule has 1 aliphatic heterocycles. The largest absolute Gasteiger partial charge is 0.466 e. The number of thiophene rings is 1. The molecule has 0 spiro atoms. The second-order valence-corrected chi connectivity index (χ2v) is 9.55. The number of esters is 1. The fourth-order valence-electron chi connectivity index (χ4n) is 4.25. The number of rotatable bonds is 7. The molecule has 0 aromatic carbocycles. The van der Waals surface area contributed by atoms with Crippen LogP contribution < -0.4 is 0 Å². The molecule has 0 aliphatic carbocycles. The van der Waals surface area contributed by atoms with E-state index < -0.39 is 0 Å². The predicted molar refractivity (Wildman–Crippen MR) is 129 cm³/mol. The number of hydrogen-bond acceptors (Lipinski definition) is 7. The van der Waals surface area contributed by atoms with Crippen LogP contribution in [0.1, 0.15) is 40.7 Å². The van der Waals surface area contributed by atoms with Gasteiger partial charge in [-0.1, -0.05) is 6.07 Å². The number of likely N-dealkylation sites (N-methyl/N-ethyl adjacent to an activating group) is 1. The van der Waals surface area contributed by atoms with Gasteiger partial charge in [0.15, 0.2) is 5.65 Å². The number of amides is 2. The maximum Gasteiger partial charge on any atom is 0.310 e. The van der Waals surface area contributed by atoms with E-state index in [0.29, 0.717) is 55.0 Å². The SMILES string of the molecule is CCOC(=O)C1CCCN(C(=O)CN(C)C(=O)c2cc(C)nc3c2cnn3Cc2cccs2)C1. The zero-order valence-corrected chi connectivity index (χ0v) is 20.5. The Hall–Kier alpha value is -3.27. The lowest BCUT2D eigenvalue weighted by Gasteiger charge is -2.32. The van der Waals surface area contributed by atoms with Gasteiger partial charge < -0.3 is 14.5 Å². The predicted octanol–water partition coefficient (Wildman–Crippen LogP) is 2.72. The van der Waals surface area contributed by atoms with E-state index in [0.717, 1.165) is 11.3 Å². The van der Waals surface area contributed by atoms with Crippen LogP contribution in [0.15, 0.2) is 29.8 Å². The number of aromatic nitrogens is 3. The number of nitrogens with zero attached hydrogens (tertiary/aromatic N) is 5. The van der Waals surface area contributed by atoms with Crippen LogP contribution in [0.2, 0.25) is 0 Å². The smallest absolute Gasteiger partial charge is 0.310 e. The normalized spacial score (nSPS) is 16.0. The van der Waals surface area contributed by atoms with E-state index in [9.17, 15) is 14.4 Å². The van der Waals surface area contributed by atoms with Crippen LogP contribution in [0, 0.1) is 12.8 Å². The minimum atomic E-state index is -0.310. The molecule has 34 heavy (non-hydrogen) atoms. The molecule has 2 amide bonds. The number of piperidine rings is 1. The first-order chi connectivity index (χ1) is 16.4. The summed E-state index contributed by atoms with van der Waals surface area (Å²) in [6, 6.07) is 5.76. The fourth-order valence-corrected chi connectivity index (χ4v) is 4.94. The zero-order valence-electron chi connectivity index (χ0n) is 19.7. The van der Waals surface area contributed by atoms with Gasteiger partial charge in [0.05, 0.1) is 42.8 Å². The van der Waals surface area contributed by atoms with Crippen molar-refractivity contribution in [2.75, 3.05) is 33.3 Å². The molecule has 4 rings (SSSR count). The van der Waals surface area contributed by atoms with Crippen molar-refractivity contribution < 1.29 is 19.1 Å². The van der Waals surface area contributed by atoms with Crippen molar-refractivity contribution >= 4 is 40.2 Å². The van der Waals surface area contributed by atoms with Crippen LogP contribution in [-0.4, -0.2) is 75.6 Å². The molecular formula is C24H29N5O4S. The highest BCUT2D eigenvalue weighted by molar-refractivity contribution is 7.09. The van der Waals surface area contributed by atoms with Crippen molar-refractivity contribution in [2.24, 2.45) is 5.92 Å². The summed E-state index contributed by atoms with van der Waals surface area (Å²) in [4.78, 5) is 47.2. The monoisotopic (exact) mass is 483 g/mol. The van der Waals surface area contributed by atoms with Crippen LogP contribution in [0.3, 0.4) is 0 Å². The Balaban J connectivity index is 1.48. The topological polar surface area (TPSA) is 97.6 Å². The molecule has 3 aromatic rings. The van der Waals surface area contributed by atoms with Gasteiger partial charge in [0.1, 0.15) is 0 Å². The molecule has 10 heteroatoms. The Labute approximate surface area is 202 Å². The molecule has 1 atom stereocenters. The Morgan fingerprint density at radius 1 is 1.32 bits per heavy atom. The third kappa shape index (κ3) is 5.11. The second-order valence-electron chi connectivity index (χ2n) is 8.52. The summed E-state index contributed by atoms with van der Waals surface area (Å²) in [6.07, 6.45) is 3.11. The highest BCUT2D eigenvalue weighted by atomic mass is 32.1. The summed E-state index contributed by atoms with van der Waals surface area (Å²) in [5.74, 6) is -1.02. The first kappa shape index (κ1) is 23.9. The molecule has 9 nitrogen and oxygen atoms in total. The van der Waals surface area contributed by atoms with Crippen molar-refractivity contribution in [3.8, 4) is 0 Å². The highest BCUT2D eigenvalue weighted by Crippen LogP contribution is 2.22. The van der Waals surface area contributed by atoms with E-state index in [1.54, 1.807) is 47.2 Å². The summed E-state index contributed by atoms with van der Waals surface area (Å²) in [5.41, 5.74) is 1.82. The van der Waals surface area contributed by atoms with Crippen LogP contribution in [0.5, 0.6) is 0 Å². The molecule has 1 unspecified atom stereocenters. The molecule has 0 bridgehead atoms. The molecule has 180 valence electrons. The molecule has 3 aromatic heterocycles. The lowest BCUT2D eigenvalue weighted by molar-refractivity contribution is -0.151. The Morgan fingerprint density at radius 2 is 2.15 bits per heavy atom. The number of carbonyl (C=O) groups excluding carboxylic acids is 3. The minimum absolute atomic E-state index is 0.0689. The number of pyridine rings is 1. The van der Waals surface area contributed by atoms with E-state index in [4.69, 9.17) is 4.74 Å². The summed E-state index contributed by atoms with van der Waals surface area (Å²) < 4.78 is 6.91. The van der Waals surface area contributed by atoms with Crippen LogP contribution in [0.4, 0.5) is 0 Å². The van der Waals surface area contributed by atoms with Gasteiger partial charge in [0.2, 0.25) is 5.91 Å². The maximum absolute atomic E-state index is 13.3. The lowest BCUT2D eigenvalue weighted by atomic mass is 9.98. The minimum Gasteiger partial charge on any atom is -0.466 e. The van der Waals surface area contributed by atoms with Gasteiger partial charge in [-0.05, 0) is 44.2 Å². The first-order valence-electron chi connectivity index (χ1n) is 11.4. The number of carbonyl (C=O) groups is 3. The molecule has 1 aliphatic rings. The molecule has 0 radical (unpaired) electrons. The quantitative estimate of drug-likeness (QED) is 0.480. The number of fused-ring (bicyclic) bond motifs is 1. The summed E-state index contributed by atoms with van der Waals surface area (Å²) in [6.45, 7) is 5.35.